The van der Waals surface area contributed by atoms with Crippen molar-refractivity contribution in [2.45, 2.75) is 24.8 Å². The first-order chi connectivity index (χ1) is 13.5. The highest BCUT2D eigenvalue weighted by molar-refractivity contribution is 7.89. The molecule has 3 rings (SSSR count). The van der Waals surface area contributed by atoms with Crippen LogP contribution in [0.2, 0.25) is 0 Å². The summed E-state index contributed by atoms with van der Waals surface area (Å²) in [5.74, 6) is 1.30. The van der Waals surface area contributed by atoms with Gasteiger partial charge in [0, 0.05) is 38.1 Å². The topological polar surface area (TPSA) is 106 Å². The van der Waals surface area contributed by atoms with Crippen molar-refractivity contribution in [1.29, 1.82) is 0 Å². The van der Waals surface area contributed by atoms with Crippen LogP contribution in [0.4, 0.5) is 0 Å². The van der Waals surface area contributed by atoms with Crippen molar-refractivity contribution in [2.75, 3.05) is 6.54 Å². The van der Waals surface area contributed by atoms with Crippen LogP contribution in [0.1, 0.15) is 17.8 Å². The third-order valence-corrected chi connectivity index (χ3v) is 5.55. The number of amides is 1. The molecule has 0 radical (unpaired) electrons. The average Bonchev–Trinajstić information content (AvgIpc) is 3.13. The van der Waals surface area contributed by atoms with E-state index in [0.717, 1.165) is 17.2 Å². The zero-order valence-corrected chi connectivity index (χ0v) is 16.2. The van der Waals surface area contributed by atoms with E-state index in [1.165, 1.54) is 12.1 Å². The van der Waals surface area contributed by atoms with Gasteiger partial charge in [-0.15, -0.1) is 0 Å². The highest BCUT2D eigenvalue weighted by atomic mass is 32.2. The Morgan fingerprint density at radius 3 is 2.61 bits per heavy atom. The number of nitrogens with zero attached hydrogens (tertiary/aromatic N) is 3. The fourth-order valence-corrected chi connectivity index (χ4v) is 3.65. The van der Waals surface area contributed by atoms with Crippen molar-refractivity contribution < 1.29 is 13.2 Å². The number of nitrogens with one attached hydrogen (secondary N) is 2. The Morgan fingerprint density at radius 1 is 1.11 bits per heavy atom. The largest absolute Gasteiger partial charge is 0.352 e. The van der Waals surface area contributed by atoms with Gasteiger partial charge in [0.15, 0.2) is 0 Å². The van der Waals surface area contributed by atoms with Gasteiger partial charge in [-0.25, -0.2) is 23.1 Å². The lowest BCUT2D eigenvalue weighted by atomic mass is 10.2. The summed E-state index contributed by atoms with van der Waals surface area (Å²) in [7, 11) is -3.60. The molecular formula is C19H21N5O3S. The lowest BCUT2D eigenvalue weighted by Gasteiger charge is -2.09. The van der Waals surface area contributed by atoms with E-state index in [1.807, 2.05) is 29.8 Å². The normalized spacial score (nSPS) is 11.3. The maximum absolute atomic E-state index is 12.1. The lowest BCUT2D eigenvalue weighted by Crippen LogP contribution is -2.30. The van der Waals surface area contributed by atoms with Crippen LogP contribution >= 0.6 is 0 Å². The Morgan fingerprint density at radius 2 is 1.89 bits per heavy atom. The zero-order valence-electron chi connectivity index (χ0n) is 15.4. The van der Waals surface area contributed by atoms with Crippen LogP contribution in [0.5, 0.6) is 0 Å². The van der Waals surface area contributed by atoms with Crippen LogP contribution in [-0.2, 0) is 21.4 Å². The molecule has 146 valence electrons. The van der Waals surface area contributed by atoms with Crippen LogP contribution in [0, 0.1) is 6.92 Å². The highest BCUT2D eigenvalue weighted by Crippen LogP contribution is 2.10. The number of aryl methyl sites for hydroxylation is 1. The van der Waals surface area contributed by atoms with Gasteiger partial charge >= 0.3 is 0 Å². The van der Waals surface area contributed by atoms with Gasteiger partial charge in [-0.05, 0) is 36.8 Å². The summed E-state index contributed by atoms with van der Waals surface area (Å²) in [5, 5.41) is 2.79. The van der Waals surface area contributed by atoms with E-state index in [1.54, 1.807) is 30.6 Å². The summed E-state index contributed by atoms with van der Waals surface area (Å²) in [6.45, 7) is 2.24. The first kappa shape index (κ1) is 19.7. The second-order valence-corrected chi connectivity index (χ2v) is 7.87. The van der Waals surface area contributed by atoms with E-state index in [2.05, 4.69) is 20.0 Å². The van der Waals surface area contributed by atoms with Crippen molar-refractivity contribution in [1.82, 2.24) is 24.6 Å². The number of carbonyl (C=O) groups is 1. The Labute approximate surface area is 163 Å². The highest BCUT2D eigenvalue weighted by Gasteiger charge is 2.13. The molecule has 9 heteroatoms. The van der Waals surface area contributed by atoms with Gasteiger partial charge in [0.1, 0.15) is 11.6 Å². The lowest BCUT2D eigenvalue weighted by molar-refractivity contribution is -0.121. The molecule has 0 spiro atoms. The standard InChI is InChI=1S/C19H21N5O3S/c1-15-20-11-12-24(15)18-13-16(7-9-21-18)14-22-19(25)8-10-23-28(26,27)17-5-3-2-4-6-17/h2-7,9,11-13,23H,8,10,14H2,1H3,(H,22,25). The first-order valence-electron chi connectivity index (χ1n) is 8.72. The minimum atomic E-state index is -3.60. The SMILES string of the molecule is Cc1nccn1-c1cc(CNC(=O)CCNS(=O)(=O)c2ccccc2)ccn1. The van der Waals surface area contributed by atoms with Gasteiger partial charge in [0.25, 0.3) is 0 Å². The molecule has 0 aliphatic carbocycles. The van der Waals surface area contributed by atoms with Crippen LogP contribution in [0.3, 0.4) is 0 Å². The third-order valence-electron chi connectivity index (χ3n) is 4.07. The van der Waals surface area contributed by atoms with Crippen LogP contribution in [0.15, 0.2) is 66.0 Å². The Hall–Kier alpha value is -3.04. The third kappa shape index (κ3) is 5.02. The van der Waals surface area contributed by atoms with E-state index in [0.29, 0.717) is 6.54 Å². The molecule has 0 aliphatic rings. The second-order valence-electron chi connectivity index (χ2n) is 6.10. The number of carbonyl (C=O) groups excluding carboxylic acids is 1. The number of rotatable bonds is 8. The van der Waals surface area contributed by atoms with E-state index < -0.39 is 10.0 Å². The molecule has 0 unspecified atom stereocenters. The molecule has 0 saturated heterocycles. The Kier molecular flexibility index (Phi) is 6.17. The smallest absolute Gasteiger partial charge is 0.240 e. The summed E-state index contributed by atoms with van der Waals surface area (Å²) in [6.07, 6.45) is 5.23. The number of pyridine rings is 1. The summed E-state index contributed by atoms with van der Waals surface area (Å²) >= 11 is 0. The monoisotopic (exact) mass is 399 g/mol. The zero-order chi connectivity index (χ0) is 20.0. The molecule has 8 nitrogen and oxygen atoms in total. The van der Waals surface area contributed by atoms with Crippen LogP contribution < -0.4 is 10.0 Å². The maximum Gasteiger partial charge on any atom is 0.240 e. The van der Waals surface area contributed by atoms with Gasteiger partial charge in [-0.2, -0.15) is 0 Å². The quantitative estimate of drug-likeness (QED) is 0.598. The maximum atomic E-state index is 12.1. The fourth-order valence-electron chi connectivity index (χ4n) is 2.59. The van der Waals surface area contributed by atoms with Crippen molar-refractivity contribution in [3.05, 3.63) is 72.4 Å². The number of sulfonamides is 1. The van der Waals surface area contributed by atoms with Gasteiger partial charge < -0.3 is 5.32 Å². The molecule has 1 amide bonds. The first-order valence-corrected chi connectivity index (χ1v) is 10.2. The molecule has 0 bridgehead atoms. The minimum absolute atomic E-state index is 0.0267. The molecule has 3 aromatic rings. The van der Waals surface area contributed by atoms with E-state index >= 15 is 0 Å². The van der Waals surface area contributed by atoms with E-state index in [-0.39, 0.29) is 23.8 Å². The summed E-state index contributed by atoms with van der Waals surface area (Å²) in [6, 6.07) is 11.7. The number of hydrogen-bond donors (Lipinski definition) is 2. The molecular weight excluding hydrogens is 378 g/mol. The number of benzene rings is 1. The molecule has 28 heavy (non-hydrogen) atoms. The Bertz CT molecular complexity index is 1050. The fraction of sp³-hybridized carbons (Fsp3) is 0.211. The number of aromatic nitrogens is 3. The Balaban J connectivity index is 1.49. The molecule has 0 atom stereocenters. The average molecular weight is 399 g/mol. The molecule has 0 saturated carbocycles. The molecule has 2 heterocycles. The summed E-state index contributed by atoms with van der Waals surface area (Å²) in [5.41, 5.74) is 0.885. The van der Waals surface area contributed by atoms with E-state index in [9.17, 15) is 13.2 Å². The van der Waals surface area contributed by atoms with Gasteiger partial charge in [-0.3, -0.25) is 9.36 Å². The number of imidazole rings is 1. The van der Waals surface area contributed by atoms with Crippen LogP contribution in [0.25, 0.3) is 5.82 Å². The van der Waals surface area contributed by atoms with Crippen molar-refractivity contribution >= 4 is 15.9 Å². The molecule has 0 fully saturated rings. The van der Waals surface area contributed by atoms with Gasteiger partial charge in [0.2, 0.25) is 15.9 Å². The second kappa shape index (κ2) is 8.77. The van der Waals surface area contributed by atoms with Crippen molar-refractivity contribution in [3.63, 3.8) is 0 Å². The molecule has 2 aromatic heterocycles. The van der Waals surface area contributed by atoms with E-state index in [4.69, 9.17) is 0 Å². The number of hydrogen-bond acceptors (Lipinski definition) is 5. The van der Waals surface area contributed by atoms with Crippen molar-refractivity contribution in [2.24, 2.45) is 0 Å². The van der Waals surface area contributed by atoms with Gasteiger partial charge in [0.05, 0.1) is 4.90 Å². The summed E-state index contributed by atoms with van der Waals surface area (Å²) < 4.78 is 28.5. The summed E-state index contributed by atoms with van der Waals surface area (Å²) in [4.78, 5) is 20.7. The van der Waals surface area contributed by atoms with Crippen molar-refractivity contribution in [3.8, 4) is 5.82 Å². The van der Waals surface area contributed by atoms with Crippen LogP contribution in [-0.4, -0.2) is 35.4 Å². The predicted octanol–water partition coefficient (Wildman–Crippen LogP) is 1.56. The minimum Gasteiger partial charge on any atom is -0.352 e. The molecule has 2 N–H and O–H groups in total. The van der Waals surface area contributed by atoms with Gasteiger partial charge in [-0.1, -0.05) is 18.2 Å². The predicted molar refractivity (Wildman–Crippen MR) is 104 cm³/mol. The molecule has 1 aromatic carbocycles. The molecule has 0 aliphatic heterocycles.